The van der Waals surface area contributed by atoms with Crippen molar-refractivity contribution in [3.05, 3.63) is 12.2 Å². The summed E-state index contributed by atoms with van der Waals surface area (Å²) in [5, 5.41) is 8.58. The minimum Gasteiger partial charge on any atom is -0.377 e. The van der Waals surface area contributed by atoms with Gasteiger partial charge in [0.2, 0.25) is 70.9 Å². The van der Waals surface area contributed by atoms with E-state index in [0.29, 0.717) is 38.5 Å². The summed E-state index contributed by atoms with van der Waals surface area (Å²) >= 11 is 0. The van der Waals surface area contributed by atoms with Gasteiger partial charge in [-0.05, 0) is 113 Å². The lowest BCUT2D eigenvalue weighted by Gasteiger charge is -2.54. The van der Waals surface area contributed by atoms with Gasteiger partial charge in [-0.2, -0.15) is 13.2 Å². The van der Waals surface area contributed by atoms with Gasteiger partial charge in [-0.3, -0.25) is 57.5 Å². The number of likely N-dealkylation sites (N-methyl/N-ethyl adjacent to an activating group) is 7. The number of amides is 12. The molecule has 4 saturated carbocycles. The molecule has 6 fully saturated rings. The highest BCUT2D eigenvalue weighted by Gasteiger charge is 2.60. The van der Waals surface area contributed by atoms with Gasteiger partial charge in [0, 0.05) is 82.5 Å². The van der Waals surface area contributed by atoms with Crippen molar-refractivity contribution in [2.75, 3.05) is 89.2 Å². The van der Waals surface area contributed by atoms with Crippen LogP contribution in [-0.2, 0) is 62.3 Å². The van der Waals surface area contributed by atoms with E-state index in [0.717, 1.165) is 51.7 Å². The number of fused-ring (bicyclic) bond motifs is 3. The molecule has 12 atom stereocenters. The number of alkyl halides is 5. The lowest BCUT2D eigenvalue weighted by atomic mass is 9.58. The first-order valence-electron chi connectivity index (χ1n) is 37.7. The van der Waals surface area contributed by atoms with Crippen LogP contribution in [-0.4, -0.2) is 283 Å². The van der Waals surface area contributed by atoms with Crippen LogP contribution in [0.25, 0.3) is 0 Å². The first-order chi connectivity index (χ1) is 48.8. The second-order valence-electron chi connectivity index (χ2n) is 31.8. The molecule has 2 saturated heterocycles. The lowest BCUT2D eigenvalue weighted by Crippen LogP contribution is -2.71. The Hall–Kier alpha value is -7.01. The van der Waals surface area contributed by atoms with Crippen molar-refractivity contribution >= 4 is 70.9 Å². The van der Waals surface area contributed by atoms with Crippen LogP contribution in [0.2, 0.25) is 0 Å². The predicted molar refractivity (Wildman–Crippen MR) is 376 cm³/mol. The highest BCUT2D eigenvalue weighted by molar-refractivity contribution is 6.01. The molecule has 1 spiro atoms. The average Bonchev–Trinajstić information content (AvgIpc) is 0.865. The second kappa shape index (κ2) is 36.1. The SMILES string of the molecule is CCO[C@@H]1C[C@H]2C(=O)NC3(CC(C)(C)C3)C(=O)N(C)[C@@H](C3CCCC3)C(=O)N(C)[C@H](C(=O)N(C)C)CC(=O)N(C)[C@@H](CC)C(=O)N[C@@H]([C@@H](C)CC)C(=O)N(C)CC(=O)N(C)[C@H]3C/C=C\CCN(C3=O)[C@@H](CC3CCCCC3)C(=O)N(C)CC(=O)N[C@@H](CCC3CC(F)C(C(F)(F)F)C(F)C3)C(=O)N2C1. The molecule has 25 nitrogen and oxygen atoms in total. The van der Waals surface area contributed by atoms with E-state index in [1.807, 2.05) is 26.8 Å². The van der Waals surface area contributed by atoms with Gasteiger partial charge >= 0.3 is 6.18 Å². The highest BCUT2D eigenvalue weighted by Crippen LogP contribution is 2.50. The van der Waals surface area contributed by atoms with Gasteiger partial charge < -0.3 is 64.8 Å². The molecule has 4 aliphatic carbocycles. The Morgan fingerprint density at radius 2 is 1.28 bits per heavy atom. The first-order valence-corrected chi connectivity index (χ1v) is 37.7. The van der Waals surface area contributed by atoms with Crippen LogP contribution in [0.3, 0.4) is 0 Å². The molecule has 2 unspecified atom stereocenters. The summed E-state index contributed by atoms with van der Waals surface area (Å²) in [6.07, 6.45) is -2.84. The third kappa shape index (κ3) is 20.0. The van der Waals surface area contributed by atoms with Crippen molar-refractivity contribution in [1.29, 1.82) is 0 Å². The molecular formula is C74H117F5N12O13. The van der Waals surface area contributed by atoms with Gasteiger partial charge in [0.25, 0.3) is 0 Å². The van der Waals surface area contributed by atoms with E-state index in [9.17, 15) is 41.9 Å². The number of hydrogen-bond donors (Lipinski definition) is 3. The summed E-state index contributed by atoms with van der Waals surface area (Å²) in [4.78, 5) is 192. The Balaban J connectivity index is 1.32. The summed E-state index contributed by atoms with van der Waals surface area (Å²) in [6, 6.07) is -10.6. The number of carbonyl (C=O) groups is 12. The van der Waals surface area contributed by atoms with Gasteiger partial charge in [-0.25, -0.2) is 8.78 Å². The average molecular weight is 1480 g/mol. The standard InChI is InChI=1S/C74H117F5N12O13/c1-15-44(4)61-69(101)85(10)41-59(94)87(12)53-30-22-19-25-33-90(68(53)100)56(36-45-26-20-18-21-27-45)67(99)84(9)40-57(92)80-51(32-31-46-34-49(75)60(50(76)35-46)74(77,78)79)65(97)91-39-48(104-17-3)37-54(91)64(96)82-73(42-72(5,6)43-73)71(103)89(14)62(47-28-23-24-29-47)70(102)88(13)55(66(98)83(7)8)38-58(93)86(11)52(16-2)63(95)81-61/h19,22,44-56,60-62H,15-18,20-21,23-43H2,1-14H3,(H,80,92)(H,81,95)(H,82,96)/b22-19-/t44-,46?,48+,49?,50?,51-,52-,53-,54-,55-,56-,60?,61-,62-/m0/s1. The van der Waals surface area contributed by atoms with Crippen LogP contribution in [0.15, 0.2) is 12.2 Å². The van der Waals surface area contributed by atoms with E-state index in [4.69, 9.17) is 4.74 Å². The molecule has 586 valence electrons. The summed E-state index contributed by atoms with van der Waals surface area (Å²) < 4.78 is 78.9. The molecule has 3 heterocycles. The summed E-state index contributed by atoms with van der Waals surface area (Å²) in [6.45, 7) is 9.33. The smallest absolute Gasteiger partial charge is 0.377 e. The maximum atomic E-state index is 15.7. The zero-order valence-corrected chi connectivity index (χ0v) is 63.7. The second-order valence-corrected chi connectivity index (χ2v) is 31.8. The maximum absolute atomic E-state index is 15.7. The summed E-state index contributed by atoms with van der Waals surface area (Å²) in [5.41, 5.74) is -2.27. The van der Waals surface area contributed by atoms with E-state index >= 15 is 37.5 Å². The van der Waals surface area contributed by atoms with E-state index < -0.39 is 217 Å². The van der Waals surface area contributed by atoms with Crippen molar-refractivity contribution < 1.29 is 84.2 Å². The van der Waals surface area contributed by atoms with E-state index in [1.54, 1.807) is 26.8 Å². The van der Waals surface area contributed by atoms with Crippen molar-refractivity contribution in [3.63, 3.8) is 0 Å². The number of hydrogen-bond acceptors (Lipinski definition) is 13. The molecule has 0 aromatic carbocycles. The molecule has 12 amide bonds. The van der Waals surface area contributed by atoms with Gasteiger partial charge in [-0.1, -0.05) is 98.1 Å². The number of carbonyl (C=O) groups excluding carboxylic acids is 12. The summed E-state index contributed by atoms with van der Waals surface area (Å²) in [5.74, 6) is -13.5. The molecule has 104 heavy (non-hydrogen) atoms. The topological polar surface area (TPSA) is 279 Å². The molecule has 3 aliphatic heterocycles. The normalized spacial score (nSPS) is 31.8. The van der Waals surface area contributed by atoms with Crippen molar-refractivity contribution in [2.24, 2.45) is 35.0 Å². The number of halogens is 5. The van der Waals surface area contributed by atoms with Gasteiger partial charge in [-0.15, -0.1) is 0 Å². The van der Waals surface area contributed by atoms with Gasteiger partial charge in [0.15, 0.2) is 0 Å². The number of nitrogens with one attached hydrogen (secondary N) is 3. The molecule has 3 N–H and O–H groups in total. The molecule has 2 bridgehead atoms. The largest absolute Gasteiger partial charge is 0.397 e. The van der Waals surface area contributed by atoms with Crippen LogP contribution in [0, 0.1) is 35.0 Å². The van der Waals surface area contributed by atoms with Crippen LogP contribution in [0.5, 0.6) is 0 Å². The maximum Gasteiger partial charge on any atom is 0.397 e. The van der Waals surface area contributed by atoms with Crippen LogP contribution >= 0.6 is 0 Å². The Kier molecular flexibility index (Phi) is 29.2. The molecule has 7 aliphatic rings. The molecule has 7 rings (SSSR count). The predicted octanol–water partition coefficient (Wildman–Crippen LogP) is 5.56. The Morgan fingerprint density at radius 3 is 1.86 bits per heavy atom. The monoisotopic (exact) mass is 1480 g/mol. The fraction of sp³-hybridized carbons (Fsp3) is 0.811. The number of nitrogens with zero attached hydrogens (tertiary/aromatic N) is 9. The lowest BCUT2D eigenvalue weighted by molar-refractivity contribution is -0.219. The fourth-order valence-electron chi connectivity index (χ4n) is 17.4. The third-order valence-electron chi connectivity index (χ3n) is 23.4. The fourth-order valence-corrected chi connectivity index (χ4v) is 17.4. The van der Waals surface area contributed by atoms with Gasteiger partial charge in [0.1, 0.15) is 72.1 Å². The molecule has 0 aromatic rings. The Morgan fingerprint density at radius 1 is 0.663 bits per heavy atom. The van der Waals surface area contributed by atoms with Crippen molar-refractivity contribution in [3.8, 4) is 0 Å². The quantitative estimate of drug-likeness (QED) is 0.160. The molecule has 0 radical (unpaired) electrons. The van der Waals surface area contributed by atoms with Crippen LogP contribution in [0.1, 0.15) is 183 Å². The van der Waals surface area contributed by atoms with Crippen LogP contribution in [0.4, 0.5) is 22.0 Å². The zero-order chi connectivity index (χ0) is 77.2. The zero-order valence-electron chi connectivity index (χ0n) is 63.7. The van der Waals surface area contributed by atoms with Gasteiger partial charge in [0.05, 0.1) is 25.6 Å². The highest BCUT2D eigenvalue weighted by atomic mass is 19.4. The first kappa shape index (κ1) is 84.3. The third-order valence-corrected chi connectivity index (χ3v) is 23.4. The Labute approximate surface area is 610 Å². The van der Waals surface area contributed by atoms with Crippen molar-refractivity contribution in [1.82, 2.24) is 60.0 Å². The molecule has 0 aromatic heterocycles. The summed E-state index contributed by atoms with van der Waals surface area (Å²) in [7, 11) is 11.3. The van der Waals surface area contributed by atoms with E-state index in [2.05, 4.69) is 16.0 Å². The number of ether oxygens (including phenoxy) is 1. The molecular weight excluding hydrogens is 1360 g/mol. The molecule has 30 heteroatoms. The minimum absolute atomic E-state index is 0.0160. The van der Waals surface area contributed by atoms with E-state index in [-0.39, 0.29) is 70.6 Å². The Bertz CT molecular complexity index is 3110. The minimum atomic E-state index is -5.18. The van der Waals surface area contributed by atoms with Crippen LogP contribution < -0.4 is 16.0 Å². The van der Waals surface area contributed by atoms with E-state index in [1.165, 1.54) is 80.9 Å². The van der Waals surface area contributed by atoms with Crippen molar-refractivity contribution in [2.45, 2.75) is 261 Å². The number of rotatable bonds is 12.